The zero-order chi connectivity index (χ0) is 13.0. The molecule has 1 atom stereocenters. The summed E-state index contributed by atoms with van der Waals surface area (Å²) in [7, 11) is 3.79. The van der Waals surface area contributed by atoms with Gasteiger partial charge >= 0.3 is 0 Å². The molecule has 2 rings (SSSR count). The Morgan fingerprint density at radius 3 is 2.33 bits per heavy atom. The Balaban J connectivity index is 2.06. The molecular weight excluding hydrogens is 226 g/mol. The highest BCUT2D eigenvalue weighted by Crippen LogP contribution is 2.20. The van der Waals surface area contributed by atoms with Gasteiger partial charge in [0.2, 0.25) is 0 Å². The largest absolute Gasteiger partial charge is 0.369 e. The molecular formula is C14H21N3O. The van der Waals surface area contributed by atoms with E-state index < -0.39 is 0 Å². The lowest BCUT2D eigenvalue weighted by molar-refractivity contribution is 0.132. The first-order valence-electron chi connectivity index (χ1n) is 6.32. The number of nitrogens with zero attached hydrogens (tertiary/aromatic N) is 2. The van der Waals surface area contributed by atoms with Gasteiger partial charge in [-0.25, -0.2) is 0 Å². The van der Waals surface area contributed by atoms with Gasteiger partial charge in [0.15, 0.2) is 0 Å². The first kappa shape index (κ1) is 13.1. The van der Waals surface area contributed by atoms with Gasteiger partial charge in [-0.1, -0.05) is 30.3 Å². The number of hydrogen-bond acceptors (Lipinski definition) is 3. The minimum atomic E-state index is -0.255. The van der Waals surface area contributed by atoms with Crippen molar-refractivity contribution in [1.82, 2.24) is 9.80 Å². The number of nitrogens with one attached hydrogen (secondary N) is 1. The summed E-state index contributed by atoms with van der Waals surface area (Å²) in [6, 6.07) is 9.98. The van der Waals surface area contributed by atoms with E-state index in [0.29, 0.717) is 5.84 Å². The lowest BCUT2D eigenvalue weighted by Gasteiger charge is -2.36. The fourth-order valence-electron chi connectivity index (χ4n) is 2.25. The maximum absolute atomic E-state index is 8.33. The van der Waals surface area contributed by atoms with Crippen molar-refractivity contribution in [2.24, 2.45) is 0 Å². The Morgan fingerprint density at radius 1 is 1.17 bits per heavy atom. The minimum absolute atomic E-state index is 0.255. The molecule has 1 heterocycles. The van der Waals surface area contributed by atoms with Crippen molar-refractivity contribution in [2.45, 2.75) is 6.10 Å². The molecule has 1 aliphatic heterocycles. The van der Waals surface area contributed by atoms with E-state index in [2.05, 4.69) is 16.8 Å². The van der Waals surface area contributed by atoms with E-state index in [1.165, 1.54) is 0 Å². The second-order valence-electron chi connectivity index (χ2n) is 4.70. The molecule has 1 unspecified atom stereocenters. The molecule has 0 spiro atoms. The monoisotopic (exact) mass is 247 g/mol. The highest BCUT2D eigenvalue weighted by molar-refractivity contribution is 5.85. The number of benzene rings is 1. The van der Waals surface area contributed by atoms with E-state index in [1.807, 2.05) is 30.3 Å². The van der Waals surface area contributed by atoms with Crippen LogP contribution in [-0.2, 0) is 4.74 Å². The number of likely N-dealkylation sites (N-methyl/N-ethyl adjacent to an activating group) is 1. The molecule has 1 N–H and O–H groups in total. The van der Waals surface area contributed by atoms with Crippen LogP contribution in [0.5, 0.6) is 0 Å². The first-order valence-corrected chi connectivity index (χ1v) is 6.32. The van der Waals surface area contributed by atoms with Crippen molar-refractivity contribution in [2.75, 3.05) is 40.3 Å². The maximum atomic E-state index is 8.33. The number of amidine groups is 1. The van der Waals surface area contributed by atoms with Crippen molar-refractivity contribution in [3.63, 3.8) is 0 Å². The molecule has 4 nitrogen and oxygen atoms in total. The van der Waals surface area contributed by atoms with Gasteiger partial charge in [-0.05, 0) is 12.6 Å². The fourth-order valence-corrected chi connectivity index (χ4v) is 2.25. The summed E-state index contributed by atoms with van der Waals surface area (Å²) in [4.78, 5) is 4.40. The van der Waals surface area contributed by atoms with Crippen LogP contribution in [0.1, 0.15) is 11.7 Å². The third kappa shape index (κ3) is 2.89. The zero-order valence-corrected chi connectivity index (χ0v) is 11.1. The van der Waals surface area contributed by atoms with Crippen LogP contribution in [0.25, 0.3) is 0 Å². The van der Waals surface area contributed by atoms with Crippen LogP contribution in [0.3, 0.4) is 0 Å². The predicted octanol–water partition coefficient (Wildman–Crippen LogP) is 1.60. The van der Waals surface area contributed by atoms with Gasteiger partial charge in [-0.3, -0.25) is 5.41 Å². The molecule has 0 bridgehead atoms. The van der Waals surface area contributed by atoms with E-state index in [-0.39, 0.29) is 6.10 Å². The summed E-state index contributed by atoms with van der Waals surface area (Å²) in [5.74, 6) is 0.566. The van der Waals surface area contributed by atoms with Crippen LogP contribution in [-0.4, -0.2) is 56.0 Å². The molecule has 0 aromatic heterocycles. The number of rotatable bonds is 3. The minimum Gasteiger partial charge on any atom is -0.369 e. The van der Waals surface area contributed by atoms with E-state index in [0.717, 1.165) is 31.7 Å². The summed E-state index contributed by atoms with van der Waals surface area (Å²) in [6.07, 6.45) is -0.255. The molecule has 0 aliphatic carbocycles. The number of hydrogen-bond donors (Lipinski definition) is 1. The van der Waals surface area contributed by atoms with Gasteiger partial charge in [0.05, 0.1) is 0 Å². The van der Waals surface area contributed by atoms with Crippen LogP contribution in [0.2, 0.25) is 0 Å². The predicted molar refractivity (Wildman–Crippen MR) is 73.0 cm³/mol. The van der Waals surface area contributed by atoms with Crippen LogP contribution >= 0.6 is 0 Å². The number of methoxy groups -OCH3 is 1. The molecule has 98 valence electrons. The average Bonchev–Trinajstić information content (AvgIpc) is 2.41. The van der Waals surface area contributed by atoms with Crippen LogP contribution in [0.15, 0.2) is 30.3 Å². The summed E-state index contributed by atoms with van der Waals surface area (Å²) >= 11 is 0. The molecule has 0 radical (unpaired) electrons. The summed E-state index contributed by atoms with van der Waals surface area (Å²) in [5, 5.41) is 8.33. The second kappa shape index (κ2) is 5.98. The Kier molecular flexibility index (Phi) is 4.33. The van der Waals surface area contributed by atoms with E-state index in [4.69, 9.17) is 10.1 Å². The molecule has 0 amide bonds. The molecule has 0 saturated carbocycles. The maximum Gasteiger partial charge on any atom is 0.139 e. The highest BCUT2D eigenvalue weighted by Gasteiger charge is 2.24. The summed E-state index contributed by atoms with van der Waals surface area (Å²) in [5.41, 5.74) is 1.05. The fraction of sp³-hybridized carbons (Fsp3) is 0.500. The SMILES string of the molecule is COC(C(=N)N1CCN(C)CC1)c1ccccc1. The van der Waals surface area contributed by atoms with Gasteiger partial charge in [0.1, 0.15) is 11.9 Å². The standard InChI is InChI=1S/C14H21N3O/c1-16-8-10-17(11-9-16)14(15)13(18-2)12-6-4-3-5-7-12/h3-7,13,15H,8-11H2,1-2H3. The van der Waals surface area contributed by atoms with Gasteiger partial charge in [-0.15, -0.1) is 0 Å². The van der Waals surface area contributed by atoms with Crippen LogP contribution in [0.4, 0.5) is 0 Å². The van der Waals surface area contributed by atoms with Crippen molar-refractivity contribution in [3.05, 3.63) is 35.9 Å². The quantitative estimate of drug-likeness (QED) is 0.651. The van der Waals surface area contributed by atoms with E-state index in [9.17, 15) is 0 Å². The van der Waals surface area contributed by atoms with Crippen LogP contribution < -0.4 is 0 Å². The zero-order valence-electron chi connectivity index (χ0n) is 11.1. The molecule has 1 fully saturated rings. The van der Waals surface area contributed by atoms with Crippen molar-refractivity contribution in [1.29, 1.82) is 5.41 Å². The Morgan fingerprint density at radius 2 is 1.78 bits per heavy atom. The number of ether oxygens (including phenoxy) is 1. The molecule has 1 aromatic carbocycles. The number of piperazine rings is 1. The molecule has 1 aliphatic rings. The van der Waals surface area contributed by atoms with Gasteiger partial charge in [0, 0.05) is 33.3 Å². The molecule has 1 saturated heterocycles. The second-order valence-corrected chi connectivity index (χ2v) is 4.70. The molecule has 1 aromatic rings. The van der Waals surface area contributed by atoms with Crippen LogP contribution in [0, 0.1) is 5.41 Å². The smallest absolute Gasteiger partial charge is 0.139 e. The van der Waals surface area contributed by atoms with Gasteiger partial charge in [-0.2, -0.15) is 0 Å². The Hall–Kier alpha value is -1.39. The van der Waals surface area contributed by atoms with E-state index >= 15 is 0 Å². The third-order valence-corrected chi connectivity index (χ3v) is 3.43. The Bertz CT molecular complexity index is 385. The van der Waals surface area contributed by atoms with Crippen molar-refractivity contribution >= 4 is 5.84 Å². The lowest BCUT2D eigenvalue weighted by atomic mass is 10.1. The summed E-state index contributed by atoms with van der Waals surface area (Å²) in [6.45, 7) is 3.82. The average molecular weight is 247 g/mol. The topological polar surface area (TPSA) is 39.6 Å². The molecule has 4 heteroatoms. The van der Waals surface area contributed by atoms with Gasteiger partial charge in [0.25, 0.3) is 0 Å². The van der Waals surface area contributed by atoms with E-state index in [1.54, 1.807) is 7.11 Å². The Labute approximate surface area is 109 Å². The normalized spacial score (nSPS) is 18.7. The third-order valence-electron chi connectivity index (χ3n) is 3.43. The molecule has 18 heavy (non-hydrogen) atoms. The lowest BCUT2D eigenvalue weighted by Crippen LogP contribution is -2.48. The van der Waals surface area contributed by atoms with Gasteiger partial charge < -0.3 is 14.5 Å². The van der Waals surface area contributed by atoms with Crippen molar-refractivity contribution in [3.8, 4) is 0 Å². The summed E-state index contributed by atoms with van der Waals surface area (Å²) < 4.78 is 5.50. The van der Waals surface area contributed by atoms with Crippen molar-refractivity contribution < 1.29 is 4.74 Å². The highest BCUT2D eigenvalue weighted by atomic mass is 16.5. The first-order chi connectivity index (χ1) is 8.72.